The summed E-state index contributed by atoms with van der Waals surface area (Å²) in [6.45, 7) is 3.03. The molecule has 0 aromatic rings. The van der Waals surface area contributed by atoms with Crippen LogP contribution in [0.4, 0.5) is 0 Å². The first-order chi connectivity index (χ1) is 13.1. The summed E-state index contributed by atoms with van der Waals surface area (Å²) in [5.74, 6) is 1.54. The van der Waals surface area contributed by atoms with Crippen molar-refractivity contribution in [2.45, 2.75) is 102 Å². The van der Waals surface area contributed by atoms with Gasteiger partial charge in [0.2, 0.25) is 0 Å². The van der Waals surface area contributed by atoms with Crippen LogP contribution in [0, 0.1) is 11.8 Å². The Labute approximate surface area is 165 Å². The molecule has 0 aromatic carbocycles. The lowest BCUT2D eigenvalue weighted by Gasteiger charge is -2.39. The van der Waals surface area contributed by atoms with Gasteiger partial charge in [-0.1, -0.05) is 51.9 Å². The van der Waals surface area contributed by atoms with E-state index in [0.29, 0.717) is 5.96 Å². The van der Waals surface area contributed by atoms with E-state index < -0.39 is 5.54 Å². The topological polar surface area (TPSA) is 67.9 Å². The second-order valence-electron chi connectivity index (χ2n) is 9.01. The van der Waals surface area contributed by atoms with Crippen molar-refractivity contribution in [3.8, 4) is 0 Å². The van der Waals surface area contributed by atoms with E-state index in [1.807, 2.05) is 0 Å². The zero-order valence-corrected chi connectivity index (χ0v) is 17.4. The van der Waals surface area contributed by atoms with Gasteiger partial charge < -0.3 is 10.5 Å². The van der Waals surface area contributed by atoms with Crippen LogP contribution in [0.5, 0.6) is 0 Å². The third-order valence-electron chi connectivity index (χ3n) is 7.14. The van der Waals surface area contributed by atoms with Crippen molar-refractivity contribution in [2.75, 3.05) is 13.7 Å². The summed E-state index contributed by atoms with van der Waals surface area (Å²) >= 11 is 0. The minimum absolute atomic E-state index is 0.120. The molecule has 3 rings (SSSR count). The number of likely N-dealkylation sites (N-methyl/N-ethyl adjacent to an activating group) is 1. The number of ether oxygens (including phenoxy) is 1. The van der Waals surface area contributed by atoms with Gasteiger partial charge in [-0.25, -0.2) is 4.99 Å². The van der Waals surface area contributed by atoms with E-state index in [1.54, 1.807) is 11.9 Å². The van der Waals surface area contributed by atoms with Crippen molar-refractivity contribution in [2.24, 2.45) is 22.6 Å². The predicted molar refractivity (Wildman–Crippen MR) is 110 cm³/mol. The molecule has 0 saturated heterocycles. The lowest BCUT2D eigenvalue weighted by molar-refractivity contribution is -0.134. The number of guanidine groups is 1. The fourth-order valence-electron chi connectivity index (χ4n) is 5.38. The van der Waals surface area contributed by atoms with E-state index in [0.717, 1.165) is 63.9 Å². The molecule has 0 spiro atoms. The van der Waals surface area contributed by atoms with Gasteiger partial charge in [-0.15, -0.1) is 0 Å². The van der Waals surface area contributed by atoms with Gasteiger partial charge in [-0.2, -0.15) is 0 Å². The van der Waals surface area contributed by atoms with E-state index in [-0.39, 0.29) is 17.9 Å². The van der Waals surface area contributed by atoms with Crippen molar-refractivity contribution in [3.05, 3.63) is 0 Å². The third-order valence-corrected chi connectivity index (χ3v) is 7.14. The summed E-state index contributed by atoms with van der Waals surface area (Å²) in [5.41, 5.74) is 5.48. The number of hydrogen-bond donors (Lipinski definition) is 1. The molecule has 3 atom stereocenters. The number of nitrogens with two attached hydrogens (primary N) is 1. The first-order valence-corrected chi connectivity index (χ1v) is 11.3. The monoisotopic (exact) mass is 377 g/mol. The Kier molecular flexibility index (Phi) is 7.18. The molecule has 2 N–H and O–H groups in total. The molecule has 1 heterocycles. The second kappa shape index (κ2) is 9.40. The highest BCUT2D eigenvalue weighted by atomic mass is 16.5. The fraction of sp³-hybridized carbons (Fsp3) is 0.909. The van der Waals surface area contributed by atoms with Gasteiger partial charge in [0.05, 0.1) is 6.10 Å². The average Bonchev–Trinajstić information content (AvgIpc) is 2.92. The van der Waals surface area contributed by atoms with Crippen molar-refractivity contribution < 1.29 is 9.53 Å². The summed E-state index contributed by atoms with van der Waals surface area (Å²) in [6.07, 6.45) is 15.4. The molecule has 0 aromatic heterocycles. The molecular weight excluding hydrogens is 338 g/mol. The Morgan fingerprint density at radius 3 is 2.63 bits per heavy atom. The average molecular weight is 378 g/mol. The van der Waals surface area contributed by atoms with E-state index in [4.69, 9.17) is 15.5 Å². The lowest BCUT2D eigenvalue weighted by atomic mass is 9.70. The van der Waals surface area contributed by atoms with Crippen LogP contribution in [-0.2, 0) is 9.53 Å². The molecule has 2 fully saturated rings. The molecular formula is C22H39N3O2. The maximum Gasteiger partial charge on any atom is 0.257 e. The Morgan fingerprint density at radius 2 is 1.96 bits per heavy atom. The lowest BCUT2D eigenvalue weighted by Crippen LogP contribution is -2.49. The molecule has 1 aliphatic heterocycles. The SMILES string of the molecule is CCCCOC1CCCC([C@@]2(CCC3CCCCC3)N=C(N)N(C)C2=O)C1. The van der Waals surface area contributed by atoms with Gasteiger partial charge in [0, 0.05) is 13.7 Å². The molecule has 154 valence electrons. The van der Waals surface area contributed by atoms with Gasteiger partial charge in [-0.05, 0) is 50.4 Å². The van der Waals surface area contributed by atoms with Gasteiger partial charge in [0.1, 0.15) is 5.54 Å². The van der Waals surface area contributed by atoms with Crippen LogP contribution in [0.1, 0.15) is 90.4 Å². The fourth-order valence-corrected chi connectivity index (χ4v) is 5.38. The molecule has 5 heteroatoms. The molecule has 0 radical (unpaired) electrons. The number of rotatable bonds is 8. The highest BCUT2D eigenvalue weighted by Gasteiger charge is 2.52. The van der Waals surface area contributed by atoms with Crippen LogP contribution in [-0.4, -0.2) is 42.1 Å². The Bertz CT molecular complexity index is 530. The summed E-state index contributed by atoms with van der Waals surface area (Å²) < 4.78 is 6.14. The van der Waals surface area contributed by atoms with Gasteiger partial charge in [0.25, 0.3) is 5.91 Å². The smallest absolute Gasteiger partial charge is 0.257 e. The van der Waals surface area contributed by atoms with E-state index >= 15 is 0 Å². The van der Waals surface area contributed by atoms with E-state index in [9.17, 15) is 4.79 Å². The Hall–Kier alpha value is -1.10. The number of amides is 1. The van der Waals surface area contributed by atoms with Crippen molar-refractivity contribution in [1.82, 2.24) is 4.90 Å². The van der Waals surface area contributed by atoms with E-state index in [1.165, 1.54) is 32.1 Å². The van der Waals surface area contributed by atoms with Crippen molar-refractivity contribution in [1.29, 1.82) is 0 Å². The van der Waals surface area contributed by atoms with Crippen LogP contribution in [0.3, 0.4) is 0 Å². The predicted octanol–water partition coefficient (Wildman–Crippen LogP) is 4.25. The Balaban J connectivity index is 1.70. The highest BCUT2D eigenvalue weighted by Crippen LogP contribution is 2.44. The quantitative estimate of drug-likeness (QED) is 0.643. The minimum atomic E-state index is -0.636. The zero-order valence-electron chi connectivity index (χ0n) is 17.4. The summed E-state index contributed by atoms with van der Waals surface area (Å²) in [4.78, 5) is 19.7. The molecule has 27 heavy (non-hydrogen) atoms. The number of unbranched alkanes of at least 4 members (excludes halogenated alkanes) is 1. The maximum atomic E-state index is 13.3. The number of hydrogen-bond acceptors (Lipinski definition) is 4. The largest absolute Gasteiger partial charge is 0.378 e. The summed E-state index contributed by atoms with van der Waals surface area (Å²) in [6, 6.07) is 0. The van der Waals surface area contributed by atoms with Gasteiger partial charge in [-0.3, -0.25) is 9.69 Å². The maximum absolute atomic E-state index is 13.3. The molecule has 5 nitrogen and oxygen atoms in total. The first-order valence-electron chi connectivity index (χ1n) is 11.3. The molecule has 2 aliphatic carbocycles. The van der Waals surface area contributed by atoms with E-state index in [2.05, 4.69) is 6.92 Å². The molecule has 2 saturated carbocycles. The second-order valence-corrected chi connectivity index (χ2v) is 9.01. The number of carbonyl (C=O) groups is 1. The summed E-state index contributed by atoms with van der Waals surface area (Å²) in [5, 5.41) is 0. The van der Waals surface area contributed by atoms with Crippen LogP contribution in [0.15, 0.2) is 4.99 Å². The van der Waals surface area contributed by atoms with Crippen LogP contribution in [0.25, 0.3) is 0 Å². The van der Waals surface area contributed by atoms with Crippen molar-refractivity contribution in [3.63, 3.8) is 0 Å². The third kappa shape index (κ3) is 4.67. The summed E-state index contributed by atoms with van der Waals surface area (Å²) in [7, 11) is 1.78. The standard InChI is InChI=1S/C22H39N3O2/c1-3-4-15-27-19-12-8-11-18(16-19)22(20(26)25(2)21(23)24-22)14-13-17-9-6-5-7-10-17/h17-19H,3-16H2,1-2H3,(H2,23,24)/t18?,19?,22-/m1/s1. The van der Waals surface area contributed by atoms with Crippen molar-refractivity contribution >= 4 is 11.9 Å². The van der Waals surface area contributed by atoms with Crippen LogP contribution in [0.2, 0.25) is 0 Å². The zero-order chi connectivity index (χ0) is 19.3. The minimum Gasteiger partial charge on any atom is -0.378 e. The molecule has 2 unspecified atom stereocenters. The number of nitrogens with zero attached hydrogens (tertiary/aromatic N) is 2. The first kappa shape index (κ1) is 20.6. The molecule has 3 aliphatic rings. The number of aliphatic imine (C=N–C) groups is 1. The molecule has 0 bridgehead atoms. The van der Waals surface area contributed by atoms with Gasteiger partial charge in [0.15, 0.2) is 5.96 Å². The van der Waals surface area contributed by atoms with Crippen LogP contribution < -0.4 is 5.73 Å². The molecule has 1 amide bonds. The number of carbonyl (C=O) groups excluding carboxylic acids is 1. The van der Waals surface area contributed by atoms with Crippen LogP contribution >= 0.6 is 0 Å². The normalized spacial score (nSPS) is 32.7. The highest BCUT2D eigenvalue weighted by molar-refractivity contribution is 6.06. The van der Waals surface area contributed by atoms with Gasteiger partial charge >= 0.3 is 0 Å². The Morgan fingerprint density at radius 1 is 1.19 bits per heavy atom.